The first kappa shape index (κ1) is 32.0. The molecular formula is C36H42N6O6S. The highest BCUT2D eigenvalue weighted by molar-refractivity contribution is 7.87. The molecule has 2 aromatic heterocycles. The average molecular weight is 687 g/mol. The number of nitrogens with one attached hydrogen (secondary N) is 1. The molecule has 0 spiro atoms. The number of carbonyl (C=O) groups excluding carboxylic acids is 2. The Hall–Kier alpha value is -4.23. The maximum Gasteiger partial charge on any atom is 0.303 e. The number of amides is 2. The number of aromatic nitrogens is 3. The summed E-state index contributed by atoms with van der Waals surface area (Å²) in [5.41, 5.74) is 4.58. The Morgan fingerprint density at radius 1 is 1.00 bits per heavy atom. The highest BCUT2D eigenvalue weighted by Crippen LogP contribution is 2.66. The van der Waals surface area contributed by atoms with Gasteiger partial charge in [0, 0.05) is 74.5 Å². The van der Waals surface area contributed by atoms with E-state index in [0.29, 0.717) is 43.8 Å². The van der Waals surface area contributed by atoms with Crippen LogP contribution in [0.2, 0.25) is 0 Å². The van der Waals surface area contributed by atoms with Gasteiger partial charge in [0.15, 0.2) is 0 Å². The predicted octanol–water partition coefficient (Wildman–Crippen LogP) is 5.18. The molecule has 13 heteroatoms. The molecule has 8 rings (SSSR count). The highest BCUT2D eigenvalue weighted by atomic mass is 32.2. The van der Waals surface area contributed by atoms with Gasteiger partial charge in [0.1, 0.15) is 5.75 Å². The molecule has 49 heavy (non-hydrogen) atoms. The van der Waals surface area contributed by atoms with Crippen LogP contribution in [0.4, 0.5) is 0 Å². The van der Waals surface area contributed by atoms with Crippen molar-refractivity contribution >= 4 is 32.9 Å². The third kappa shape index (κ3) is 5.32. The van der Waals surface area contributed by atoms with E-state index in [1.54, 1.807) is 25.1 Å². The van der Waals surface area contributed by atoms with Gasteiger partial charge in [-0.1, -0.05) is 25.3 Å². The molecule has 4 aromatic rings. The average Bonchev–Trinajstić information content (AvgIpc) is 3.56. The number of piperidine rings is 1. The highest BCUT2D eigenvalue weighted by Gasteiger charge is 2.64. The van der Waals surface area contributed by atoms with Crippen LogP contribution in [0.15, 0.2) is 40.8 Å². The number of phenols is 1. The monoisotopic (exact) mass is 686 g/mol. The first-order chi connectivity index (χ1) is 23.5. The summed E-state index contributed by atoms with van der Waals surface area (Å²) in [6.07, 6.45) is 7.69. The second kappa shape index (κ2) is 11.7. The van der Waals surface area contributed by atoms with Crippen LogP contribution in [0.25, 0.3) is 22.2 Å². The molecule has 2 N–H and O–H groups in total. The number of hydrogen-bond acceptors (Lipinski definition) is 8. The zero-order valence-corrected chi connectivity index (χ0v) is 28.9. The van der Waals surface area contributed by atoms with Crippen LogP contribution in [0.5, 0.6) is 5.75 Å². The first-order valence-corrected chi connectivity index (χ1v) is 18.7. The van der Waals surface area contributed by atoms with E-state index < -0.39 is 21.5 Å². The van der Waals surface area contributed by atoms with Crippen molar-refractivity contribution in [1.29, 1.82) is 0 Å². The zero-order chi connectivity index (χ0) is 34.2. The van der Waals surface area contributed by atoms with Crippen LogP contribution < -0.4 is 4.72 Å². The largest absolute Gasteiger partial charge is 0.508 e. The van der Waals surface area contributed by atoms with Crippen molar-refractivity contribution in [2.24, 2.45) is 5.41 Å². The van der Waals surface area contributed by atoms with Gasteiger partial charge < -0.3 is 19.0 Å². The number of fused-ring (bicyclic) bond motifs is 7. The minimum atomic E-state index is -3.99. The number of nitrogens with zero attached hydrogens (tertiary/aromatic N) is 5. The molecule has 4 heterocycles. The second-order valence-corrected chi connectivity index (χ2v) is 16.4. The molecule has 0 bridgehead atoms. The lowest BCUT2D eigenvalue weighted by atomic mass is 9.81. The number of benzene rings is 2. The Balaban J connectivity index is 1.23. The van der Waals surface area contributed by atoms with Gasteiger partial charge in [-0.25, -0.2) is 4.72 Å². The molecule has 2 aliphatic carbocycles. The molecule has 3 fully saturated rings. The number of rotatable bonds is 6. The second-order valence-electron chi connectivity index (χ2n) is 14.5. The number of aromatic hydroxyl groups is 1. The topological polar surface area (TPSA) is 151 Å². The van der Waals surface area contributed by atoms with Gasteiger partial charge in [0.2, 0.25) is 17.7 Å². The lowest BCUT2D eigenvalue weighted by Gasteiger charge is -2.34. The van der Waals surface area contributed by atoms with Gasteiger partial charge in [-0.3, -0.25) is 9.59 Å². The quantitative estimate of drug-likeness (QED) is 0.282. The fourth-order valence-corrected chi connectivity index (χ4v) is 9.23. The van der Waals surface area contributed by atoms with Crippen molar-refractivity contribution in [2.75, 3.05) is 27.2 Å². The van der Waals surface area contributed by atoms with Crippen LogP contribution in [0.3, 0.4) is 0 Å². The van der Waals surface area contributed by atoms with E-state index in [0.717, 1.165) is 70.6 Å². The van der Waals surface area contributed by atoms with Crippen LogP contribution in [0, 0.1) is 12.3 Å². The van der Waals surface area contributed by atoms with E-state index in [1.165, 1.54) is 26.1 Å². The van der Waals surface area contributed by atoms with Gasteiger partial charge >= 0.3 is 10.2 Å². The Labute approximate surface area is 285 Å². The number of aryl methyl sites for hydroxylation is 1. The van der Waals surface area contributed by atoms with Gasteiger partial charge in [-0.05, 0) is 79.5 Å². The number of likely N-dealkylation sites (tertiary alicyclic amines) is 1. The molecule has 1 saturated heterocycles. The fourth-order valence-electron chi connectivity index (χ4n) is 8.69. The van der Waals surface area contributed by atoms with Crippen LogP contribution in [-0.2, 0) is 21.5 Å². The fraction of sp³-hybridized carbons (Fsp3) is 0.500. The predicted molar refractivity (Wildman–Crippen MR) is 182 cm³/mol. The molecule has 0 radical (unpaired) electrons. The van der Waals surface area contributed by atoms with Gasteiger partial charge in [-0.2, -0.15) is 12.7 Å². The summed E-state index contributed by atoms with van der Waals surface area (Å²) in [6.45, 7) is 3.38. The molecular weight excluding hydrogens is 644 g/mol. The van der Waals surface area contributed by atoms with Crippen molar-refractivity contribution < 1.29 is 27.5 Å². The van der Waals surface area contributed by atoms with Gasteiger partial charge in [0.25, 0.3) is 5.91 Å². The van der Waals surface area contributed by atoms with E-state index in [2.05, 4.69) is 19.5 Å². The normalized spacial score (nSPS) is 22.8. The van der Waals surface area contributed by atoms with E-state index in [-0.39, 0.29) is 29.1 Å². The molecule has 2 aromatic carbocycles. The van der Waals surface area contributed by atoms with Crippen LogP contribution >= 0.6 is 0 Å². The van der Waals surface area contributed by atoms with Crippen LogP contribution in [0.1, 0.15) is 102 Å². The SMILES string of the molecule is Cc1nnc(C2CCN(C(=O)C34CC3c3cc(O)ccc3-c3c(C5CCCCC5)c5ccc(C(=O)NS(=O)(=O)N(C)C)cc5n3C4)CC2)o1. The van der Waals surface area contributed by atoms with Gasteiger partial charge in [0.05, 0.1) is 11.1 Å². The molecule has 258 valence electrons. The van der Waals surface area contributed by atoms with Crippen molar-refractivity contribution in [3.63, 3.8) is 0 Å². The minimum Gasteiger partial charge on any atom is -0.508 e. The van der Waals surface area contributed by atoms with Crippen molar-refractivity contribution in [3.8, 4) is 17.0 Å². The van der Waals surface area contributed by atoms with Crippen molar-refractivity contribution in [1.82, 2.24) is 28.7 Å². The molecule has 2 saturated carbocycles. The number of carbonyl (C=O) groups is 2. The summed E-state index contributed by atoms with van der Waals surface area (Å²) in [7, 11) is -1.26. The molecule has 2 atom stereocenters. The molecule has 2 amide bonds. The smallest absolute Gasteiger partial charge is 0.303 e. The van der Waals surface area contributed by atoms with E-state index in [1.807, 2.05) is 23.1 Å². The minimum absolute atomic E-state index is 0.0655. The van der Waals surface area contributed by atoms with Crippen molar-refractivity contribution in [2.45, 2.75) is 82.6 Å². The Morgan fingerprint density at radius 3 is 2.45 bits per heavy atom. The molecule has 12 nitrogen and oxygen atoms in total. The third-order valence-corrected chi connectivity index (χ3v) is 12.8. The lowest BCUT2D eigenvalue weighted by Crippen LogP contribution is -2.44. The van der Waals surface area contributed by atoms with E-state index >= 15 is 0 Å². The first-order valence-electron chi connectivity index (χ1n) is 17.3. The Bertz CT molecular complexity index is 2090. The van der Waals surface area contributed by atoms with Crippen molar-refractivity contribution in [3.05, 3.63) is 64.9 Å². The zero-order valence-electron chi connectivity index (χ0n) is 28.1. The lowest BCUT2D eigenvalue weighted by molar-refractivity contribution is -0.139. The molecule has 2 aliphatic heterocycles. The standard InChI is InChI=1S/C36H42N6O6S/c1-21-37-38-34(48-21)23-13-15-41(16-14-23)35(45)36-19-29(36)28-18-25(43)10-12-26(28)32-31(22-7-5-4-6-8-22)27-11-9-24(17-30(27)42(32)20-36)33(44)39-49(46,47)40(2)3/h9-12,17-18,22-23,29,43H,4-8,13-16,19-20H2,1-3H3,(H,39,44). The molecule has 2 unspecified atom stereocenters. The summed E-state index contributed by atoms with van der Waals surface area (Å²) in [5, 5.41) is 20.0. The Kier molecular flexibility index (Phi) is 7.63. The number of hydrogen-bond donors (Lipinski definition) is 2. The number of phenolic OH excluding ortho intramolecular Hbond substituents is 1. The maximum absolute atomic E-state index is 14.7. The summed E-state index contributed by atoms with van der Waals surface area (Å²) in [6, 6.07) is 11.0. The summed E-state index contributed by atoms with van der Waals surface area (Å²) in [5.74, 6) is 1.08. The molecule has 4 aliphatic rings. The summed E-state index contributed by atoms with van der Waals surface area (Å²) in [4.78, 5) is 30.0. The van der Waals surface area contributed by atoms with Gasteiger partial charge in [-0.15, -0.1) is 10.2 Å². The third-order valence-electron chi connectivity index (χ3n) is 11.4. The Morgan fingerprint density at radius 2 is 1.76 bits per heavy atom. The summed E-state index contributed by atoms with van der Waals surface area (Å²) < 4.78 is 36.2. The maximum atomic E-state index is 14.7. The summed E-state index contributed by atoms with van der Waals surface area (Å²) >= 11 is 0. The van der Waals surface area contributed by atoms with E-state index in [4.69, 9.17) is 4.42 Å². The van der Waals surface area contributed by atoms with Crippen LogP contribution in [-0.4, -0.2) is 76.5 Å². The van der Waals surface area contributed by atoms with E-state index in [9.17, 15) is 23.1 Å².